The minimum atomic E-state index is 0.473. The Morgan fingerprint density at radius 3 is 2.47 bits per heavy atom. The smallest absolute Gasteiger partial charge is 0.0329 e. The molecule has 0 bridgehead atoms. The van der Waals surface area contributed by atoms with Crippen LogP contribution in [0.25, 0.3) is 0 Å². The molecule has 1 fully saturated rings. The van der Waals surface area contributed by atoms with E-state index in [1.807, 2.05) is 0 Å². The van der Waals surface area contributed by atoms with Gasteiger partial charge in [-0.05, 0) is 31.0 Å². The van der Waals surface area contributed by atoms with Gasteiger partial charge in [0, 0.05) is 38.8 Å². The van der Waals surface area contributed by atoms with Gasteiger partial charge < -0.3 is 15.5 Å². The third kappa shape index (κ3) is 4.30. The van der Waals surface area contributed by atoms with E-state index in [1.54, 1.807) is 0 Å². The van der Waals surface area contributed by atoms with Gasteiger partial charge in [-0.25, -0.2) is 0 Å². The van der Waals surface area contributed by atoms with Gasteiger partial charge >= 0.3 is 0 Å². The third-order valence-corrected chi connectivity index (χ3v) is 4.08. The molecule has 1 aliphatic rings. The van der Waals surface area contributed by atoms with Gasteiger partial charge in [0.2, 0.25) is 0 Å². The molecule has 0 amide bonds. The Morgan fingerprint density at radius 2 is 1.89 bits per heavy atom. The fourth-order valence-electron chi connectivity index (χ4n) is 2.71. The average molecular weight is 261 g/mol. The zero-order valence-corrected chi connectivity index (χ0v) is 12.3. The van der Waals surface area contributed by atoms with E-state index in [-0.39, 0.29) is 0 Å². The SMILES string of the molecule is CCc1ccc(C(CCN2CCNCC2)NC)cc1. The molecule has 2 N–H and O–H groups in total. The molecule has 0 saturated carbocycles. The highest BCUT2D eigenvalue weighted by atomic mass is 15.2. The van der Waals surface area contributed by atoms with Crippen molar-refractivity contribution in [3.05, 3.63) is 35.4 Å². The lowest BCUT2D eigenvalue weighted by molar-refractivity contribution is 0.229. The summed E-state index contributed by atoms with van der Waals surface area (Å²) in [7, 11) is 2.07. The molecule has 19 heavy (non-hydrogen) atoms. The van der Waals surface area contributed by atoms with E-state index in [1.165, 1.54) is 37.2 Å². The molecule has 1 saturated heterocycles. The molecule has 0 radical (unpaired) electrons. The minimum Gasteiger partial charge on any atom is -0.314 e. The van der Waals surface area contributed by atoms with Crippen molar-refractivity contribution < 1.29 is 0 Å². The number of aryl methyl sites for hydroxylation is 1. The third-order valence-electron chi connectivity index (χ3n) is 4.08. The molecule has 1 unspecified atom stereocenters. The summed E-state index contributed by atoms with van der Waals surface area (Å²) < 4.78 is 0. The Kier molecular flexibility index (Phi) is 5.83. The van der Waals surface area contributed by atoms with E-state index >= 15 is 0 Å². The molecule has 1 heterocycles. The number of rotatable bonds is 6. The second-order valence-corrected chi connectivity index (χ2v) is 5.32. The molecule has 2 rings (SSSR count). The normalized spacial score (nSPS) is 18.4. The van der Waals surface area contributed by atoms with Gasteiger partial charge in [0.15, 0.2) is 0 Å². The molecule has 0 spiro atoms. The topological polar surface area (TPSA) is 27.3 Å². The average Bonchev–Trinajstić information content (AvgIpc) is 2.49. The number of piperazine rings is 1. The van der Waals surface area contributed by atoms with Crippen molar-refractivity contribution in [2.24, 2.45) is 0 Å². The number of nitrogens with zero attached hydrogens (tertiary/aromatic N) is 1. The Hall–Kier alpha value is -0.900. The van der Waals surface area contributed by atoms with Crippen molar-refractivity contribution in [3.63, 3.8) is 0 Å². The minimum absolute atomic E-state index is 0.473. The maximum absolute atomic E-state index is 3.45. The first kappa shape index (κ1) is 14.5. The molecule has 1 aliphatic heterocycles. The van der Waals surface area contributed by atoms with Gasteiger partial charge in [0.25, 0.3) is 0 Å². The highest BCUT2D eigenvalue weighted by molar-refractivity contribution is 5.25. The van der Waals surface area contributed by atoms with Crippen LogP contribution in [-0.4, -0.2) is 44.7 Å². The number of hydrogen-bond acceptors (Lipinski definition) is 3. The first-order chi connectivity index (χ1) is 9.33. The summed E-state index contributed by atoms with van der Waals surface area (Å²) in [4.78, 5) is 2.56. The van der Waals surface area contributed by atoms with Gasteiger partial charge in [-0.1, -0.05) is 31.2 Å². The Labute approximate surface area is 117 Å². The fourth-order valence-corrected chi connectivity index (χ4v) is 2.71. The number of nitrogens with one attached hydrogen (secondary N) is 2. The lowest BCUT2D eigenvalue weighted by Gasteiger charge is -2.29. The van der Waals surface area contributed by atoms with Crippen molar-refractivity contribution >= 4 is 0 Å². The van der Waals surface area contributed by atoms with Crippen LogP contribution in [-0.2, 0) is 6.42 Å². The van der Waals surface area contributed by atoms with E-state index in [2.05, 4.69) is 53.8 Å². The van der Waals surface area contributed by atoms with Gasteiger partial charge in [-0.2, -0.15) is 0 Å². The molecule has 0 aliphatic carbocycles. The standard InChI is InChI=1S/C16H27N3/c1-3-14-4-6-15(7-5-14)16(17-2)8-11-19-12-9-18-10-13-19/h4-7,16-18H,3,8-13H2,1-2H3. The van der Waals surface area contributed by atoms with E-state index in [4.69, 9.17) is 0 Å². The number of hydrogen-bond donors (Lipinski definition) is 2. The van der Waals surface area contributed by atoms with Gasteiger partial charge in [0.05, 0.1) is 0 Å². The molecule has 1 aromatic carbocycles. The van der Waals surface area contributed by atoms with Crippen LogP contribution in [0.4, 0.5) is 0 Å². The van der Waals surface area contributed by atoms with Gasteiger partial charge in [0.1, 0.15) is 0 Å². The van der Waals surface area contributed by atoms with Crippen LogP contribution in [0.3, 0.4) is 0 Å². The molecule has 1 aromatic rings. The van der Waals surface area contributed by atoms with Crippen molar-refractivity contribution in [3.8, 4) is 0 Å². The predicted octanol–water partition coefficient (Wildman–Crippen LogP) is 1.80. The van der Waals surface area contributed by atoms with Crippen molar-refractivity contribution in [2.45, 2.75) is 25.8 Å². The van der Waals surface area contributed by atoms with Crippen LogP contribution in [0.1, 0.15) is 30.5 Å². The second kappa shape index (κ2) is 7.63. The number of benzene rings is 1. The monoisotopic (exact) mass is 261 g/mol. The quantitative estimate of drug-likeness (QED) is 0.818. The predicted molar refractivity (Wildman–Crippen MR) is 81.5 cm³/mol. The van der Waals surface area contributed by atoms with Crippen LogP contribution < -0.4 is 10.6 Å². The summed E-state index contributed by atoms with van der Waals surface area (Å²) in [5.41, 5.74) is 2.83. The Bertz CT molecular complexity index is 355. The molecule has 3 heteroatoms. The summed E-state index contributed by atoms with van der Waals surface area (Å²) in [5.74, 6) is 0. The zero-order valence-electron chi connectivity index (χ0n) is 12.3. The first-order valence-electron chi connectivity index (χ1n) is 7.52. The van der Waals surface area contributed by atoms with E-state index in [0.717, 1.165) is 19.5 Å². The van der Waals surface area contributed by atoms with E-state index in [9.17, 15) is 0 Å². The van der Waals surface area contributed by atoms with Crippen molar-refractivity contribution in [1.29, 1.82) is 0 Å². The van der Waals surface area contributed by atoms with Crippen LogP contribution in [0.2, 0.25) is 0 Å². The Balaban J connectivity index is 1.87. The summed E-state index contributed by atoms with van der Waals surface area (Å²) in [5, 5.41) is 6.86. The summed E-state index contributed by atoms with van der Waals surface area (Å²) in [6.07, 6.45) is 2.30. The highest BCUT2D eigenvalue weighted by Crippen LogP contribution is 2.18. The van der Waals surface area contributed by atoms with Crippen LogP contribution in [0.15, 0.2) is 24.3 Å². The van der Waals surface area contributed by atoms with E-state index < -0.39 is 0 Å². The molecule has 3 nitrogen and oxygen atoms in total. The largest absolute Gasteiger partial charge is 0.314 e. The summed E-state index contributed by atoms with van der Waals surface area (Å²) >= 11 is 0. The van der Waals surface area contributed by atoms with Crippen LogP contribution in [0, 0.1) is 0 Å². The summed E-state index contributed by atoms with van der Waals surface area (Å²) in [6.45, 7) is 8.03. The lowest BCUT2D eigenvalue weighted by atomic mass is 10.0. The van der Waals surface area contributed by atoms with E-state index in [0.29, 0.717) is 6.04 Å². The maximum atomic E-state index is 3.45. The molecule has 0 aromatic heterocycles. The molecular formula is C16H27N3. The summed E-state index contributed by atoms with van der Waals surface area (Å²) in [6, 6.07) is 9.53. The van der Waals surface area contributed by atoms with Crippen molar-refractivity contribution in [1.82, 2.24) is 15.5 Å². The molecule has 1 atom stereocenters. The van der Waals surface area contributed by atoms with Crippen LogP contribution in [0.5, 0.6) is 0 Å². The van der Waals surface area contributed by atoms with Crippen molar-refractivity contribution in [2.75, 3.05) is 39.8 Å². The second-order valence-electron chi connectivity index (χ2n) is 5.32. The van der Waals surface area contributed by atoms with Gasteiger partial charge in [-0.3, -0.25) is 0 Å². The maximum Gasteiger partial charge on any atom is 0.0329 e. The van der Waals surface area contributed by atoms with Crippen LogP contribution >= 0.6 is 0 Å². The first-order valence-corrected chi connectivity index (χ1v) is 7.52. The fraction of sp³-hybridized carbons (Fsp3) is 0.625. The molecular weight excluding hydrogens is 234 g/mol. The molecule has 106 valence electrons. The lowest BCUT2D eigenvalue weighted by Crippen LogP contribution is -2.44. The van der Waals surface area contributed by atoms with Gasteiger partial charge in [-0.15, -0.1) is 0 Å². The Morgan fingerprint density at radius 1 is 1.21 bits per heavy atom. The highest BCUT2D eigenvalue weighted by Gasteiger charge is 2.13. The zero-order chi connectivity index (χ0) is 13.5.